The standard InChI is InChI=1S/C18H14ClNO5S2/c19-12-3-5-14(6-4-12)27(22,23)18(7-8-18)17(21)25-10-13-11-26-16(20-13)15-2-1-9-24-15/h1-6,9,11H,7-8,10H2. The van der Waals surface area contributed by atoms with Gasteiger partial charge in [0.05, 0.1) is 16.9 Å². The van der Waals surface area contributed by atoms with Gasteiger partial charge < -0.3 is 9.15 Å². The highest BCUT2D eigenvalue weighted by molar-refractivity contribution is 7.94. The second kappa shape index (κ2) is 6.78. The zero-order valence-electron chi connectivity index (χ0n) is 13.9. The van der Waals surface area contributed by atoms with Crippen LogP contribution >= 0.6 is 22.9 Å². The van der Waals surface area contributed by atoms with Crippen molar-refractivity contribution in [3.63, 3.8) is 0 Å². The van der Waals surface area contributed by atoms with E-state index in [2.05, 4.69) is 4.98 Å². The van der Waals surface area contributed by atoms with Gasteiger partial charge in [0.15, 0.2) is 25.4 Å². The summed E-state index contributed by atoms with van der Waals surface area (Å²) >= 11 is 7.17. The lowest BCUT2D eigenvalue weighted by Gasteiger charge is -2.15. The molecule has 27 heavy (non-hydrogen) atoms. The Morgan fingerprint density at radius 2 is 2.00 bits per heavy atom. The molecule has 0 saturated heterocycles. The first-order valence-corrected chi connectivity index (χ1v) is 10.8. The van der Waals surface area contributed by atoms with Crippen LogP contribution in [0.25, 0.3) is 10.8 Å². The maximum atomic E-state index is 12.9. The molecule has 1 aliphatic carbocycles. The number of thiazole rings is 1. The fraction of sp³-hybridized carbons (Fsp3) is 0.222. The lowest BCUT2D eigenvalue weighted by atomic mass is 10.4. The molecular formula is C18H14ClNO5S2. The molecule has 2 aromatic heterocycles. The number of aromatic nitrogens is 1. The van der Waals surface area contributed by atoms with E-state index in [0.717, 1.165) is 0 Å². The van der Waals surface area contributed by atoms with Gasteiger partial charge in [-0.2, -0.15) is 0 Å². The molecule has 4 rings (SSSR count). The van der Waals surface area contributed by atoms with E-state index >= 15 is 0 Å². The van der Waals surface area contributed by atoms with Crippen LogP contribution in [0.2, 0.25) is 5.02 Å². The van der Waals surface area contributed by atoms with Crippen molar-refractivity contribution in [3.05, 3.63) is 58.8 Å². The molecule has 1 aliphatic rings. The number of rotatable bonds is 6. The summed E-state index contributed by atoms with van der Waals surface area (Å²) in [5, 5.41) is 2.84. The second-order valence-electron chi connectivity index (χ2n) is 6.15. The zero-order chi connectivity index (χ0) is 19.1. The van der Waals surface area contributed by atoms with Gasteiger partial charge in [-0.15, -0.1) is 11.3 Å². The van der Waals surface area contributed by atoms with Gasteiger partial charge in [-0.1, -0.05) is 11.6 Å². The monoisotopic (exact) mass is 423 g/mol. The molecule has 0 spiro atoms. The van der Waals surface area contributed by atoms with Gasteiger partial charge in [0.1, 0.15) is 6.61 Å². The van der Waals surface area contributed by atoms with Crippen LogP contribution in [0.1, 0.15) is 18.5 Å². The summed E-state index contributed by atoms with van der Waals surface area (Å²) < 4.78 is 34.8. The molecule has 6 nitrogen and oxygen atoms in total. The normalized spacial score (nSPS) is 15.4. The number of nitrogens with zero attached hydrogens (tertiary/aromatic N) is 1. The van der Waals surface area contributed by atoms with Gasteiger partial charge >= 0.3 is 5.97 Å². The SMILES string of the molecule is O=C(OCc1csc(-c2ccco2)n1)C1(S(=O)(=O)c2ccc(Cl)cc2)CC1. The molecule has 1 fully saturated rings. The summed E-state index contributed by atoms with van der Waals surface area (Å²) in [6.07, 6.45) is 2.03. The summed E-state index contributed by atoms with van der Waals surface area (Å²) in [6, 6.07) is 9.33. The smallest absolute Gasteiger partial charge is 0.328 e. The highest BCUT2D eigenvalue weighted by atomic mass is 35.5. The summed E-state index contributed by atoms with van der Waals surface area (Å²) in [4.78, 5) is 17.0. The number of benzene rings is 1. The molecule has 0 N–H and O–H groups in total. The maximum Gasteiger partial charge on any atom is 0.328 e. The van der Waals surface area contributed by atoms with Crippen LogP contribution in [0.4, 0.5) is 0 Å². The third kappa shape index (κ3) is 3.28. The summed E-state index contributed by atoms with van der Waals surface area (Å²) in [6.45, 7) is -0.0894. The Bertz CT molecular complexity index is 1070. The fourth-order valence-corrected chi connectivity index (χ4v) is 5.45. The van der Waals surface area contributed by atoms with Gasteiger partial charge in [0.25, 0.3) is 0 Å². The van der Waals surface area contributed by atoms with Crippen LogP contribution in [0.3, 0.4) is 0 Å². The van der Waals surface area contributed by atoms with E-state index < -0.39 is 20.6 Å². The Hall–Kier alpha value is -2.16. The van der Waals surface area contributed by atoms with E-state index in [4.69, 9.17) is 20.8 Å². The van der Waals surface area contributed by atoms with Crippen molar-refractivity contribution in [2.24, 2.45) is 0 Å². The van der Waals surface area contributed by atoms with Crippen molar-refractivity contribution in [2.45, 2.75) is 29.1 Å². The Balaban J connectivity index is 1.47. The van der Waals surface area contributed by atoms with E-state index in [1.165, 1.54) is 35.6 Å². The number of carbonyl (C=O) groups excluding carboxylic acids is 1. The molecule has 0 unspecified atom stereocenters. The Morgan fingerprint density at radius 1 is 1.26 bits per heavy atom. The highest BCUT2D eigenvalue weighted by Crippen LogP contribution is 2.48. The van der Waals surface area contributed by atoms with E-state index in [0.29, 0.717) is 21.5 Å². The van der Waals surface area contributed by atoms with Gasteiger partial charge in [0, 0.05) is 10.4 Å². The molecule has 1 saturated carbocycles. The third-order valence-corrected chi connectivity index (χ3v) is 8.00. The van der Waals surface area contributed by atoms with E-state index in [9.17, 15) is 13.2 Å². The van der Waals surface area contributed by atoms with Gasteiger partial charge in [-0.05, 0) is 49.2 Å². The minimum absolute atomic E-state index is 0.0649. The maximum absolute atomic E-state index is 12.9. The number of sulfone groups is 1. The third-order valence-electron chi connectivity index (χ3n) is 4.35. The molecule has 0 aliphatic heterocycles. The lowest BCUT2D eigenvalue weighted by molar-refractivity contribution is -0.145. The number of esters is 1. The van der Waals surface area contributed by atoms with Crippen molar-refractivity contribution in [1.29, 1.82) is 0 Å². The topological polar surface area (TPSA) is 86.5 Å². The van der Waals surface area contributed by atoms with Crippen LogP contribution in [-0.2, 0) is 26.0 Å². The molecule has 0 bridgehead atoms. The summed E-state index contributed by atoms with van der Waals surface area (Å²) in [7, 11) is -3.84. The summed E-state index contributed by atoms with van der Waals surface area (Å²) in [5.74, 6) is -0.119. The summed E-state index contributed by atoms with van der Waals surface area (Å²) in [5.41, 5.74) is 0.541. The minimum Gasteiger partial charge on any atom is -0.462 e. The largest absolute Gasteiger partial charge is 0.462 e. The van der Waals surface area contributed by atoms with Gasteiger partial charge in [0.2, 0.25) is 0 Å². The number of hydrogen-bond acceptors (Lipinski definition) is 7. The lowest BCUT2D eigenvalue weighted by Crippen LogP contribution is -2.34. The Kier molecular flexibility index (Phi) is 4.57. The molecule has 9 heteroatoms. The Morgan fingerprint density at radius 3 is 2.63 bits per heavy atom. The van der Waals surface area contributed by atoms with Crippen molar-refractivity contribution in [2.75, 3.05) is 0 Å². The Labute approximate surface area is 164 Å². The molecule has 0 radical (unpaired) electrons. The van der Waals surface area contributed by atoms with Crippen LogP contribution in [-0.4, -0.2) is 24.1 Å². The number of carbonyl (C=O) groups is 1. The predicted molar refractivity (Wildman–Crippen MR) is 100 cm³/mol. The fourth-order valence-electron chi connectivity index (χ4n) is 2.69. The molecule has 1 aromatic carbocycles. The molecule has 0 amide bonds. The van der Waals surface area contributed by atoms with Gasteiger partial charge in [-0.3, -0.25) is 4.79 Å². The second-order valence-corrected chi connectivity index (χ2v) is 9.70. The van der Waals surface area contributed by atoms with E-state index in [1.807, 2.05) is 0 Å². The zero-order valence-corrected chi connectivity index (χ0v) is 16.3. The van der Waals surface area contributed by atoms with Gasteiger partial charge in [-0.25, -0.2) is 13.4 Å². The van der Waals surface area contributed by atoms with Crippen LogP contribution < -0.4 is 0 Å². The van der Waals surface area contributed by atoms with Crippen LogP contribution in [0.5, 0.6) is 0 Å². The highest BCUT2D eigenvalue weighted by Gasteiger charge is 2.62. The van der Waals surface area contributed by atoms with Crippen molar-refractivity contribution in [1.82, 2.24) is 4.98 Å². The van der Waals surface area contributed by atoms with E-state index in [1.54, 1.807) is 23.8 Å². The first-order chi connectivity index (χ1) is 12.9. The van der Waals surface area contributed by atoms with Crippen LogP contribution in [0.15, 0.2) is 57.4 Å². The van der Waals surface area contributed by atoms with E-state index in [-0.39, 0.29) is 24.3 Å². The van der Waals surface area contributed by atoms with Crippen molar-refractivity contribution in [3.8, 4) is 10.8 Å². The molecule has 2 heterocycles. The number of halogens is 1. The van der Waals surface area contributed by atoms with Crippen molar-refractivity contribution >= 4 is 38.7 Å². The van der Waals surface area contributed by atoms with Crippen LogP contribution in [0, 0.1) is 0 Å². The molecule has 3 aromatic rings. The first kappa shape index (κ1) is 18.2. The molecule has 140 valence electrons. The predicted octanol–water partition coefficient (Wildman–Crippen LogP) is 4.11. The number of furan rings is 1. The minimum atomic E-state index is -3.84. The first-order valence-electron chi connectivity index (χ1n) is 8.08. The number of hydrogen-bond donors (Lipinski definition) is 0. The van der Waals surface area contributed by atoms with Crippen molar-refractivity contribution < 1.29 is 22.4 Å². The average Bonchev–Trinajstić information content (AvgIpc) is 3.08. The number of ether oxygens (including phenoxy) is 1. The molecule has 0 atom stereocenters. The molecular weight excluding hydrogens is 410 g/mol. The quantitative estimate of drug-likeness (QED) is 0.554. The average molecular weight is 424 g/mol.